The van der Waals surface area contributed by atoms with Crippen LogP contribution in [0.2, 0.25) is 0 Å². The lowest BCUT2D eigenvalue weighted by Gasteiger charge is -2.30. The van der Waals surface area contributed by atoms with Crippen LogP contribution in [0.25, 0.3) is 11.8 Å². The number of nitrogens with zero attached hydrogens (tertiary/aromatic N) is 4. The minimum Gasteiger partial charge on any atom is -0.360 e. The molecule has 1 aromatic heterocycles. The van der Waals surface area contributed by atoms with Crippen LogP contribution in [0.1, 0.15) is 32.3 Å². The summed E-state index contributed by atoms with van der Waals surface area (Å²) in [5.74, 6) is 0.158. The fourth-order valence-electron chi connectivity index (χ4n) is 3.93. The van der Waals surface area contributed by atoms with Crippen molar-refractivity contribution in [2.75, 3.05) is 31.5 Å². The molecule has 1 aliphatic heterocycles. The largest absolute Gasteiger partial charge is 0.360 e. The number of carbonyl (C=O) groups is 1. The number of anilines is 1. The van der Waals surface area contributed by atoms with E-state index in [1.54, 1.807) is 13.1 Å². The van der Waals surface area contributed by atoms with E-state index in [-0.39, 0.29) is 22.3 Å². The van der Waals surface area contributed by atoms with E-state index < -0.39 is 5.91 Å². The molecule has 2 heterocycles. The van der Waals surface area contributed by atoms with Gasteiger partial charge in [0.15, 0.2) is 5.57 Å². The van der Waals surface area contributed by atoms with E-state index in [0.717, 1.165) is 49.0 Å². The summed E-state index contributed by atoms with van der Waals surface area (Å²) >= 11 is 1.08. The van der Waals surface area contributed by atoms with E-state index in [2.05, 4.69) is 34.6 Å². The molecule has 2 aromatic rings. The number of nitrogens with one attached hydrogen (secondary N) is 2. The molecule has 34 heavy (non-hydrogen) atoms. The number of hydrogen-bond donors (Lipinski definition) is 2. The van der Waals surface area contributed by atoms with Gasteiger partial charge in [0.05, 0.1) is 6.07 Å². The third-order valence-corrected chi connectivity index (χ3v) is 7.12. The molecule has 178 valence electrons. The second-order valence-corrected chi connectivity index (χ2v) is 9.44. The maximum absolute atomic E-state index is 12.9. The first kappa shape index (κ1) is 25.2. The fraction of sp³-hybridized carbons (Fsp3) is 0.440. The molecule has 1 fully saturated rings. The number of rotatable bonds is 8. The Bertz CT molecular complexity index is 1270. The van der Waals surface area contributed by atoms with E-state index in [4.69, 9.17) is 5.26 Å². The number of hydrogen-bond acceptors (Lipinski definition) is 7. The van der Waals surface area contributed by atoms with E-state index >= 15 is 0 Å². The highest BCUT2D eigenvalue weighted by Gasteiger charge is 2.16. The number of piperidine rings is 1. The SMILES string of the molecule is CCn1c(=O)/c(=C\Nc2cccc(CCN3CCC(C)CC3)c2)s/c1=C(/C#N)C(=O)NCC#N. The average Bonchev–Trinajstić information content (AvgIpc) is 3.16. The number of thiazole rings is 1. The maximum atomic E-state index is 12.9. The van der Waals surface area contributed by atoms with Gasteiger partial charge in [0, 0.05) is 25.0 Å². The molecule has 9 heteroatoms. The van der Waals surface area contributed by atoms with Crippen molar-refractivity contribution in [3.63, 3.8) is 0 Å². The molecule has 8 nitrogen and oxygen atoms in total. The summed E-state index contributed by atoms with van der Waals surface area (Å²) in [6.45, 7) is 7.57. The third-order valence-electron chi connectivity index (χ3n) is 5.99. The average molecular weight is 479 g/mol. The van der Waals surface area contributed by atoms with Crippen molar-refractivity contribution < 1.29 is 4.79 Å². The molecule has 2 N–H and O–H groups in total. The van der Waals surface area contributed by atoms with Gasteiger partial charge in [0.2, 0.25) is 0 Å². The summed E-state index contributed by atoms with van der Waals surface area (Å²) in [7, 11) is 0. The van der Waals surface area contributed by atoms with Crippen molar-refractivity contribution in [1.29, 1.82) is 10.5 Å². The Kier molecular flexibility index (Phi) is 9.03. The van der Waals surface area contributed by atoms with Gasteiger partial charge in [-0.15, -0.1) is 11.3 Å². The molecule has 0 aliphatic carbocycles. The van der Waals surface area contributed by atoms with Crippen molar-refractivity contribution in [3.8, 4) is 12.1 Å². The van der Waals surface area contributed by atoms with Gasteiger partial charge in [0.25, 0.3) is 11.5 Å². The summed E-state index contributed by atoms with van der Waals surface area (Å²) in [5, 5.41) is 23.7. The Morgan fingerprint density at radius 3 is 2.74 bits per heavy atom. The van der Waals surface area contributed by atoms with Crippen molar-refractivity contribution in [2.24, 2.45) is 5.92 Å². The number of carbonyl (C=O) groups excluding carboxylic acids is 1. The summed E-state index contributed by atoms with van der Waals surface area (Å²) < 4.78 is 2.08. The predicted molar refractivity (Wildman–Crippen MR) is 134 cm³/mol. The number of amides is 1. The maximum Gasteiger partial charge on any atom is 0.270 e. The van der Waals surface area contributed by atoms with Crippen LogP contribution in [0.5, 0.6) is 0 Å². The van der Waals surface area contributed by atoms with Crippen LogP contribution in [0.15, 0.2) is 29.1 Å². The Hall–Kier alpha value is -3.40. The first-order valence-electron chi connectivity index (χ1n) is 11.5. The monoisotopic (exact) mass is 478 g/mol. The number of likely N-dealkylation sites (tertiary alicyclic amines) is 1. The van der Waals surface area contributed by atoms with E-state index in [1.807, 2.05) is 24.3 Å². The van der Waals surface area contributed by atoms with Crippen molar-refractivity contribution in [3.05, 3.63) is 49.4 Å². The first-order valence-corrected chi connectivity index (χ1v) is 12.4. The molecule has 3 rings (SSSR count). The number of nitriles is 2. The Morgan fingerprint density at radius 1 is 1.29 bits per heavy atom. The van der Waals surface area contributed by atoms with Gasteiger partial charge in [-0.1, -0.05) is 19.1 Å². The van der Waals surface area contributed by atoms with Gasteiger partial charge >= 0.3 is 0 Å². The zero-order chi connectivity index (χ0) is 24.5. The Morgan fingerprint density at radius 2 is 2.06 bits per heavy atom. The first-order chi connectivity index (χ1) is 16.5. The summed E-state index contributed by atoms with van der Waals surface area (Å²) in [5.41, 5.74) is 1.65. The molecule has 0 unspecified atom stereocenters. The predicted octanol–water partition coefficient (Wildman–Crippen LogP) is 1.37. The van der Waals surface area contributed by atoms with Crippen molar-refractivity contribution in [1.82, 2.24) is 14.8 Å². The Labute approximate surface area is 203 Å². The van der Waals surface area contributed by atoms with Crippen LogP contribution in [-0.2, 0) is 17.8 Å². The van der Waals surface area contributed by atoms with Crippen molar-refractivity contribution in [2.45, 2.75) is 39.7 Å². The van der Waals surface area contributed by atoms with Gasteiger partial charge in [-0.25, -0.2) is 0 Å². The highest BCUT2D eigenvalue weighted by atomic mass is 32.1. The molecule has 0 atom stereocenters. The molecular weight excluding hydrogens is 448 g/mol. The summed E-state index contributed by atoms with van der Waals surface area (Å²) in [6, 6.07) is 11.8. The van der Waals surface area contributed by atoms with Gasteiger partial charge in [0.1, 0.15) is 21.8 Å². The molecule has 0 radical (unpaired) electrons. The Balaban J connectivity index is 1.79. The second-order valence-electron chi connectivity index (χ2n) is 8.41. The van der Waals surface area contributed by atoms with Crippen molar-refractivity contribution >= 4 is 34.7 Å². The molecule has 1 saturated heterocycles. The van der Waals surface area contributed by atoms with Gasteiger partial charge in [-0.05, 0) is 62.9 Å². The van der Waals surface area contributed by atoms with Crippen LogP contribution >= 0.6 is 11.3 Å². The van der Waals surface area contributed by atoms with Crippen LogP contribution in [0.3, 0.4) is 0 Å². The molecule has 1 aliphatic rings. The zero-order valence-electron chi connectivity index (χ0n) is 19.6. The van der Waals surface area contributed by atoms with Crippen LogP contribution in [0, 0.1) is 28.6 Å². The topological polar surface area (TPSA) is 114 Å². The molecule has 1 amide bonds. The van der Waals surface area contributed by atoms with Crippen LogP contribution in [0.4, 0.5) is 5.69 Å². The van der Waals surface area contributed by atoms with Gasteiger partial charge in [-0.3, -0.25) is 14.2 Å². The standard InChI is InChI=1S/C25H30N6O2S/c1-3-31-24(33)22(34-25(31)21(16-27)23(32)28-11-10-26)17-29-20-6-4-5-19(15-20)9-14-30-12-7-18(2)8-13-30/h4-6,15,17-18,29H,3,7-9,11-14H2,1-2H3,(H,28,32)/b22-17+,25-21-. The molecule has 0 saturated carbocycles. The van der Waals surface area contributed by atoms with Crippen LogP contribution < -0.4 is 25.4 Å². The highest BCUT2D eigenvalue weighted by Crippen LogP contribution is 2.17. The minimum absolute atomic E-state index is 0.173. The zero-order valence-corrected chi connectivity index (χ0v) is 20.5. The highest BCUT2D eigenvalue weighted by molar-refractivity contribution is 7.07. The lowest BCUT2D eigenvalue weighted by atomic mass is 9.99. The van der Waals surface area contributed by atoms with Crippen LogP contribution in [-0.4, -0.2) is 41.6 Å². The van der Waals surface area contributed by atoms with E-state index in [1.165, 1.54) is 23.0 Å². The summed E-state index contributed by atoms with van der Waals surface area (Å²) in [6.07, 6.45) is 5.11. The van der Waals surface area contributed by atoms with Gasteiger partial charge in [-0.2, -0.15) is 10.5 Å². The number of aromatic nitrogens is 1. The fourth-order valence-corrected chi connectivity index (χ4v) is 5.02. The lowest BCUT2D eigenvalue weighted by Crippen LogP contribution is -2.34. The quantitative estimate of drug-likeness (QED) is 0.554. The summed E-state index contributed by atoms with van der Waals surface area (Å²) in [4.78, 5) is 27.6. The smallest absolute Gasteiger partial charge is 0.270 e. The minimum atomic E-state index is -0.664. The lowest BCUT2D eigenvalue weighted by molar-refractivity contribution is -0.115. The van der Waals surface area contributed by atoms with Gasteiger partial charge < -0.3 is 15.5 Å². The molecule has 0 bridgehead atoms. The molecule has 0 spiro atoms. The molecule has 1 aromatic carbocycles. The molecular formula is C25H30N6O2S. The third kappa shape index (κ3) is 6.34. The normalized spacial score (nSPS) is 15.9. The van der Waals surface area contributed by atoms with E-state index in [0.29, 0.717) is 11.1 Å². The second kappa shape index (κ2) is 12.2. The van der Waals surface area contributed by atoms with E-state index in [9.17, 15) is 14.9 Å². The number of benzene rings is 1.